The van der Waals surface area contributed by atoms with E-state index in [0.29, 0.717) is 11.4 Å². The molecule has 0 amide bonds. The lowest BCUT2D eigenvalue weighted by Crippen LogP contribution is -1.96. The van der Waals surface area contributed by atoms with Crippen molar-refractivity contribution in [1.82, 2.24) is 20.6 Å². The first-order chi connectivity index (χ1) is 6.79. The molecule has 0 unspecified atom stereocenters. The Hall–Kier alpha value is -2.04. The van der Waals surface area contributed by atoms with Crippen LogP contribution in [0.15, 0.2) is 24.3 Å². The molecule has 2 aromatic rings. The molecule has 0 radical (unpaired) electrons. The number of hydrogen-bond donors (Lipinski definition) is 1. The van der Waals surface area contributed by atoms with Crippen molar-refractivity contribution in [3.8, 4) is 11.4 Å². The molecule has 0 spiro atoms. The Labute approximate surface area is 80.2 Å². The van der Waals surface area contributed by atoms with Gasteiger partial charge in [-0.1, -0.05) is 24.3 Å². The van der Waals surface area contributed by atoms with Crippen LogP contribution < -0.4 is 0 Å². The predicted molar refractivity (Wildman–Crippen MR) is 49.6 cm³/mol. The van der Waals surface area contributed by atoms with E-state index in [4.69, 9.17) is 0 Å². The SMILES string of the molecule is CC(=O)c1ccccc1-c1nnn[nH]1. The fourth-order valence-electron chi connectivity index (χ4n) is 1.27. The minimum Gasteiger partial charge on any atom is -0.294 e. The van der Waals surface area contributed by atoms with Gasteiger partial charge in [0, 0.05) is 11.1 Å². The number of tetrazole rings is 1. The largest absolute Gasteiger partial charge is 0.294 e. The van der Waals surface area contributed by atoms with Crippen LogP contribution in [0, 0.1) is 0 Å². The highest BCUT2D eigenvalue weighted by molar-refractivity contribution is 5.99. The fourth-order valence-corrected chi connectivity index (χ4v) is 1.27. The Morgan fingerprint density at radius 2 is 2.14 bits per heavy atom. The Kier molecular flexibility index (Phi) is 2.06. The van der Waals surface area contributed by atoms with Gasteiger partial charge in [0.25, 0.3) is 0 Å². The lowest BCUT2D eigenvalue weighted by atomic mass is 10.0. The van der Waals surface area contributed by atoms with Crippen molar-refractivity contribution < 1.29 is 4.79 Å². The molecule has 5 nitrogen and oxygen atoms in total. The number of carbonyl (C=O) groups is 1. The van der Waals surface area contributed by atoms with E-state index in [2.05, 4.69) is 20.6 Å². The summed E-state index contributed by atoms with van der Waals surface area (Å²) in [7, 11) is 0. The number of ketones is 1. The molecule has 0 aliphatic heterocycles. The van der Waals surface area contributed by atoms with E-state index in [1.807, 2.05) is 12.1 Å². The maximum atomic E-state index is 11.3. The Bertz CT molecular complexity index is 450. The van der Waals surface area contributed by atoms with Gasteiger partial charge in [0.15, 0.2) is 11.6 Å². The van der Waals surface area contributed by atoms with Crippen LogP contribution in [-0.4, -0.2) is 26.4 Å². The van der Waals surface area contributed by atoms with E-state index in [-0.39, 0.29) is 5.78 Å². The highest BCUT2D eigenvalue weighted by Gasteiger charge is 2.10. The van der Waals surface area contributed by atoms with Gasteiger partial charge in [0.05, 0.1) is 0 Å². The zero-order valence-electron chi connectivity index (χ0n) is 7.56. The van der Waals surface area contributed by atoms with Crippen molar-refractivity contribution in [2.24, 2.45) is 0 Å². The molecule has 1 aromatic heterocycles. The van der Waals surface area contributed by atoms with E-state index in [1.165, 1.54) is 6.92 Å². The average Bonchev–Trinajstić information content (AvgIpc) is 2.70. The van der Waals surface area contributed by atoms with Gasteiger partial charge in [-0.05, 0) is 17.4 Å². The molecule has 1 aromatic carbocycles. The summed E-state index contributed by atoms with van der Waals surface area (Å²) in [6, 6.07) is 7.20. The summed E-state index contributed by atoms with van der Waals surface area (Å²) in [5.74, 6) is 0.507. The van der Waals surface area contributed by atoms with Gasteiger partial charge in [-0.2, -0.15) is 0 Å². The van der Waals surface area contributed by atoms with E-state index >= 15 is 0 Å². The number of nitrogens with one attached hydrogen (secondary N) is 1. The van der Waals surface area contributed by atoms with Gasteiger partial charge < -0.3 is 0 Å². The number of nitrogens with zero attached hydrogens (tertiary/aromatic N) is 3. The number of H-pyrrole nitrogens is 1. The maximum Gasteiger partial charge on any atom is 0.180 e. The van der Waals surface area contributed by atoms with E-state index < -0.39 is 0 Å². The van der Waals surface area contributed by atoms with Gasteiger partial charge in [-0.3, -0.25) is 4.79 Å². The third-order valence-corrected chi connectivity index (χ3v) is 1.91. The fraction of sp³-hybridized carbons (Fsp3) is 0.111. The molecular formula is C9H8N4O. The minimum atomic E-state index is -0.00278. The normalized spacial score (nSPS) is 10.1. The van der Waals surface area contributed by atoms with Crippen LogP contribution in [0.3, 0.4) is 0 Å². The number of carbonyl (C=O) groups excluding carboxylic acids is 1. The van der Waals surface area contributed by atoms with Crippen molar-refractivity contribution in [3.63, 3.8) is 0 Å². The van der Waals surface area contributed by atoms with Crippen molar-refractivity contribution >= 4 is 5.78 Å². The number of aromatic nitrogens is 4. The second-order valence-corrected chi connectivity index (χ2v) is 2.85. The predicted octanol–water partition coefficient (Wildman–Crippen LogP) is 1.07. The Morgan fingerprint density at radius 1 is 1.36 bits per heavy atom. The van der Waals surface area contributed by atoms with Crippen LogP contribution in [0.25, 0.3) is 11.4 Å². The topological polar surface area (TPSA) is 71.5 Å². The number of rotatable bonds is 2. The molecular weight excluding hydrogens is 180 g/mol. The van der Waals surface area contributed by atoms with Gasteiger partial charge in [0.2, 0.25) is 0 Å². The second kappa shape index (κ2) is 3.37. The zero-order chi connectivity index (χ0) is 9.97. The molecule has 0 atom stereocenters. The first kappa shape index (κ1) is 8.55. The lowest BCUT2D eigenvalue weighted by molar-refractivity contribution is 0.101. The Morgan fingerprint density at radius 3 is 2.79 bits per heavy atom. The summed E-state index contributed by atoms with van der Waals surface area (Å²) in [4.78, 5) is 11.3. The number of hydrogen-bond acceptors (Lipinski definition) is 4. The standard InChI is InChI=1S/C9H8N4O/c1-6(14)7-4-2-3-5-8(7)9-10-12-13-11-9/h2-5H,1H3,(H,10,11,12,13). The average molecular weight is 188 g/mol. The summed E-state index contributed by atoms with van der Waals surface area (Å²) < 4.78 is 0. The van der Waals surface area contributed by atoms with Crippen molar-refractivity contribution in [2.45, 2.75) is 6.92 Å². The molecule has 1 heterocycles. The van der Waals surface area contributed by atoms with Crippen LogP contribution in [-0.2, 0) is 0 Å². The summed E-state index contributed by atoms with van der Waals surface area (Å²) in [5, 5.41) is 13.3. The zero-order valence-corrected chi connectivity index (χ0v) is 7.56. The lowest BCUT2D eigenvalue weighted by Gasteiger charge is -2.01. The molecule has 0 saturated carbocycles. The monoisotopic (exact) mass is 188 g/mol. The smallest absolute Gasteiger partial charge is 0.180 e. The molecule has 2 rings (SSSR count). The van der Waals surface area contributed by atoms with Gasteiger partial charge in [0.1, 0.15) is 0 Å². The molecule has 1 N–H and O–H groups in total. The molecule has 14 heavy (non-hydrogen) atoms. The van der Waals surface area contributed by atoms with E-state index in [9.17, 15) is 4.79 Å². The molecule has 0 bridgehead atoms. The van der Waals surface area contributed by atoms with Crippen molar-refractivity contribution in [1.29, 1.82) is 0 Å². The number of aromatic amines is 1. The minimum absolute atomic E-state index is 0.00278. The highest BCUT2D eigenvalue weighted by atomic mass is 16.1. The van der Waals surface area contributed by atoms with Gasteiger partial charge in [-0.25, -0.2) is 5.10 Å². The molecule has 0 fully saturated rings. The van der Waals surface area contributed by atoms with Crippen LogP contribution in [0.4, 0.5) is 0 Å². The summed E-state index contributed by atoms with van der Waals surface area (Å²) >= 11 is 0. The first-order valence-corrected chi connectivity index (χ1v) is 4.13. The summed E-state index contributed by atoms with van der Waals surface area (Å²) in [5.41, 5.74) is 1.34. The van der Waals surface area contributed by atoms with Crippen molar-refractivity contribution in [3.05, 3.63) is 29.8 Å². The number of benzene rings is 1. The second-order valence-electron chi connectivity index (χ2n) is 2.85. The molecule has 0 aliphatic rings. The molecule has 0 saturated heterocycles. The van der Waals surface area contributed by atoms with E-state index in [1.54, 1.807) is 12.1 Å². The van der Waals surface area contributed by atoms with Crippen LogP contribution >= 0.6 is 0 Å². The van der Waals surface area contributed by atoms with Crippen LogP contribution in [0.2, 0.25) is 0 Å². The quantitative estimate of drug-likeness (QED) is 0.715. The van der Waals surface area contributed by atoms with Crippen LogP contribution in [0.5, 0.6) is 0 Å². The van der Waals surface area contributed by atoms with E-state index in [0.717, 1.165) is 5.56 Å². The maximum absolute atomic E-state index is 11.3. The van der Waals surface area contributed by atoms with Gasteiger partial charge >= 0.3 is 0 Å². The molecule has 70 valence electrons. The first-order valence-electron chi connectivity index (χ1n) is 4.13. The number of Topliss-reactive ketones (excluding diaryl/α,β-unsaturated/α-hetero) is 1. The summed E-state index contributed by atoms with van der Waals surface area (Å²) in [6.07, 6.45) is 0. The van der Waals surface area contributed by atoms with Crippen molar-refractivity contribution in [2.75, 3.05) is 0 Å². The van der Waals surface area contributed by atoms with Crippen LogP contribution in [0.1, 0.15) is 17.3 Å². The Balaban J connectivity index is 2.58. The third-order valence-electron chi connectivity index (χ3n) is 1.91. The molecule has 5 heteroatoms. The van der Waals surface area contributed by atoms with Gasteiger partial charge in [-0.15, -0.1) is 5.10 Å². The molecule has 0 aliphatic carbocycles. The third kappa shape index (κ3) is 1.39. The highest BCUT2D eigenvalue weighted by Crippen LogP contribution is 2.18. The summed E-state index contributed by atoms with van der Waals surface area (Å²) in [6.45, 7) is 1.52.